The number of aliphatic hydroxyl groups is 1. The number of rotatable bonds is 5. The van der Waals surface area contributed by atoms with Crippen molar-refractivity contribution < 1.29 is 52.8 Å². The van der Waals surface area contributed by atoms with E-state index >= 15 is 0 Å². The van der Waals surface area contributed by atoms with Crippen molar-refractivity contribution in [2.75, 3.05) is 14.1 Å². The minimum atomic E-state index is -1.70. The first-order valence-corrected chi connectivity index (χ1v) is 15.9. The standard InChI is InChI=1S/C32H52N2O11/c1-11-22-32(8)20(13-23(35)44-32)17(4)24(36)15(2)14-31(7,45-30(33)40)27(18(5)25(37)19(6)28(39)42-22)43-29-26(38)21(34(9)10)12-16(3)41-29/h15-22,26-27,29,38H,11-14H2,1-10H3,(H2,33,40)/t15-,16-,17?,18+,19-,20?,21+,22-,26-,27-,29?,31-,32+/m1/s1. The molecular formula is C32H52N2O11. The van der Waals surface area contributed by atoms with Gasteiger partial charge in [0, 0.05) is 29.7 Å². The van der Waals surface area contributed by atoms with Crippen LogP contribution in [-0.2, 0) is 42.9 Å². The van der Waals surface area contributed by atoms with Gasteiger partial charge in [0.2, 0.25) is 0 Å². The highest BCUT2D eigenvalue weighted by Gasteiger charge is 2.57. The first-order chi connectivity index (χ1) is 20.8. The summed E-state index contributed by atoms with van der Waals surface area (Å²) in [6.45, 7) is 13.1. The molecule has 13 atom stereocenters. The van der Waals surface area contributed by atoms with E-state index in [1.165, 1.54) is 20.8 Å². The van der Waals surface area contributed by atoms with Gasteiger partial charge in [-0.15, -0.1) is 0 Å². The molecule has 0 saturated carbocycles. The molecule has 0 aromatic carbocycles. The topological polar surface area (TPSA) is 181 Å². The van der Waals surface area contributed by atoms with E-state index in [2.05, 4.69) is 0 Å². The number of nitrogens with zero attached hydrogens (tertiary/aromatic N) is 1. The zero-order valence-electron chi connectivity index (χ0n) is 28.2. The van der Waals surface area contributed by atoms with E-state index in [9.17, 15) is 29.1 Å². The molecule has 45 heavy (non-hydrogen) atoms. The van der Waals surface area contributed by atoms with Crippen molar-refractivity contribution in [3.8, 4) is 0 Å². The van der Waals surface area contributed by atoms with Crippen LogP contribution >= 0.6 is 0 Å². The van der Waals surface area contributed by atoms with Gasteiger partial charge < -0.3 is 39.4 Å². The minimum absolute atomic E-state index is 0.0569. The van der Waals surface area contributed by atoms with E-state index in [4.69, 9.17) is 29.4 Å². The lowest BCUT2D eigenvalue weighted by Gasteiger charge is -2.46. The summed E-state index contributed by atoms with van der Waals surface area (Å²) in [4.78, 5) is 68.3. The smallest absolute Gasteiger partial charge is 0.405 e. The van der Waals surface area contributed by atoms with Crippen molar-refractivity contribution in [3.63, 3.8) is 0 Å². The molecule has 13 nitrogen and oxygen atoms in total. The second-order valence-electron chi connectivity index (χ2n) is 13.9. The summed E-state index contributed by atoms with van der Waals surface area (Å²) in [7, 11) is 3.63. The third kappa shape index (κ3) is 7.52. The number of fused-ring (bicyclic) bond motifs is 1. The maximum absolute atomic E-state index is 14.0. The largest absolute Gasteiger partial charge is 0.458 e. The molecule has 0 aromatic rings. The van der Waals surface area contributed by atoms with Crippen LogP contribution in [0.2, 0.25) is 0 Å². The molecule has 3 unspecified atom stereocenters. The number of ketones is 2. The summed E-state index contributed by atoms with van der Waals surface area (Å²) in [5, 5.41) is 11.3. The zero-order chi connectivity index (χ0) is 34.2. The van der Waals surface area contributed by atoms with Crippen LogP contribution in [0.25, 0.3) is 0 Å². The molecule has 3 N–H and O–H groups in total. The molecule has 3 aliphatic heterocycles. The number of amides is 1. The summed E-state index contributed by atoms with van der Waals surface area (Å²) in [6, 6.07) is -0.349. The van der Waals surface area contributed by atoms with Crippen LogP contribution in [0.15, 0.2) is 0 Å². The lowest BCUT2D eigenvalue weighted by molar-refractivity contribution is -0.292. The molecule has 3 rings (SSSR count). The van der Waals surface area contributed by atoms with Gasteiger partial charge in [-0.05, 0) is 61.1 Å². The number of hydrogen-bond donors (Lipinski definition) is 2. The van der Waals surface area contributed by atoms with Crippen LogP contribution < -0.4 is 5.73 Å². The van der Waals surface area contributed by atoms with Gasteiger partial charge >= 0.3 is 18.0 Å². The molecule has 13 heteroatoms. The molecule has 0 spiro atoms. The van der Waals surface area contributed by atoms with Gasteiger partial charge in [0.15, 0.2) is 12.1 Å². The molecule has 3 heterocycles. The fourth-order valence-electron chi connectivity index (χ4n) is 7.62. The van der Waals surface area contributed by atoms with Gasteiger partial charge in [-0.25, -0.2) is 4.79 Å². The number of cyclic esters (lactones) is 1. The van der Waals surface area contributed by atoms with E-state index in [0.29, 0.717) is 6.42 Å². The van der Waals surface area contributed by atoms with Crippen molar-refractivity contribution >= 4 is 29.6 Å². The Morgan fingerprint density at radius 2 is 1.67 bits per heavy atom. The Morgan fingerprint density at radius 1 is 1.04 bits per heavy atom. The number of carbonyl (C=O) groups is 5. The van der Waals surface area contributed by atoms with Crippen molar-refractivity contribution in [1.29, 1.82) is 0 Å². The molecule has 3 saturated heterocycles. The predicted octanol–water partition coefficient (Wildman–Crippen LogP) is 2.38. The van der Waals surface area contributed by atoms with Gasteiger partial charge in [0.1, 0.15) is 41.2 Å². The van der Waals surface area contributed by atoms with Crippen molar-refractivity contribution in [1.82, 2.24) is 4.90 Å². The first kappa shape index (κ1) is 36.9. The summed E-state index contributed by atoms with van der Waals surface area (Å²) in [5.41, 5.74) is 2.54. The number of primary amides is 1. The van der Waals surface area contributed by atoms with Crippen LogP contribution in [-0.4, -0.2) is 102 Å². The van der Waals surface area contributed by atoms with Crippen molar-refractivity contribution in [3.05, 3.63) is 0 Å². The Balaban J connectivity index is 2.15. The fourth-order valence-corrected chi connectivity index (χ4v) is 7.62. The molecular weight excluding hydrogens is 588 g/mol. The molecule has 0 bridgehead atoms. The molecule has 1 amide bonds. The lowest BCUT2D eigenvalue weighted by atomic mass is 9.70. The van der Waals surface area contributed by atoms with E-state index in [0.717, 1.165) is 0 Å². The molecule has 256 valence electrons. The number of Topliss-reactive ketones (excluding diaryl/α,β-unsaturated/α-hetero) is 2. The number of carbonyl (C=O) groups excluding carboxylic acids is 5. The van der Waals surface area contributed by atoms with E-state index < -0.39 is 89.2 Å². The Hall–Kier alpha value is -2.61. The first-order valence-electron chi connectivity index (χ1n) is 15.9. The molecule has 3 aliphatic rings. The van der Waals surface area contributed by atoms with E-state index in [1.807, 2.05) is 25.9 Å². The Morgan fingerprint density at radius 3 is 2.22 bits per heavy atom. The molecule has 3 fully saturated rings. The molecule has 0 aliphatic carbocycles. The van der Waals surface area contributed by atoms with Crippen LogP contribution in [0.5, 0.6) is 0 Å². The van der Waals surface area contributed by atoms with E-state index in [1.54, 1.807) is 27.7 Å². The zero-order valence-corrected chi connectivity index (χ0v) is 28.2. The van der Waals surface area contributed by atoms with Crippen LogP contribution in [0.3, 0.4) is 0 Å². The maximum Gasteiger partial charge on any atom is 0.405 e. The number of nitrogens with two attached hydrogens (primary N) is 1. The van der Waals surface area contributed by atoms with Gasteiger partial charge in [0.25, 0.3) is 0 Å². The van der Waals surface area contributed by atoms with Gasteiger partial charge in [0.05, 0.1) is 12.5 Å². The molecule has 0 radical (unpaired) electrons. The minimum Gasteiger partial charge on any atom is -0.458 e. The predicted molar refractivity (Wildman–Crippen MR) is 160 cm³/mol. The normalized spacial score (nSPS) is 43.7. The number of likely N-dealkylation sites (N-methyl/N-ethyl adjacent to an activating group) is 1. The fraction of sp³-hybridized carbons (Fsp3) is 0.844. The highest BCUT2D eigenvalue weighted by molar-refractivity contribution is 6.00. The monoisotopic (exact) mass is 640 g/mol. The third-order valence-corrected chi connectivity index (χ3v) is 10.2. The van der Waals surface area contributed by atoms with Gasteiger partial charge in [-0.1, -0.05) is 27.7 Å². The summed E-state index contributed by atoms with van der Waals surface area (Å²) in [6.07, 6.45) is -5.48. The SMILES string of the molecule is CC[C@H]1OC(=O)[C@H](C)C(=O)[C@H](C)[C@@H](OC2O[C@H](C)C[C@H](N(C)C)[C@H]2O)[C@](C)(OC(N)=O)C[C@@H](C)C(=O)C(C)C2CC(=O)O[C@@]21C. The Bertz CT molecular complexity index is 1150. The average Bonchev–Trinajstić information content (AvgIpc) is 3.26. The summed E-state index contributed by atoms with van der Waals surface area (Å²) < 4.78 is 29.7. The number of esters is 2. The third-order valence-electron chi connectivity index (χ3n) is 10.2. The van der Waals surface area contributed by atoms with Crippen LogP contribution in [0.4, 0.5) is 4.79 Å². The number of ether oxygens (including phenoxy) is 5. The summed E-state index contributed by atoms with van der Waals surface area (Å²) >= 11 is 0. The highest BCUT2D eigenvalue weighted by Crippen LogP contribution is 2.45. The molecule has 0 aromatic heterocycles. The number of aliphatic hydroxyl groups excluding tert-OH is 1. The van der Waals surface area contributed by atoms with Crippen molar-refractivity contribution in [2.45, 2.75) is 129 Å². The van der Waals surface area contributed by atoms with E-state index in [-0.39, 0.29) is 37.2 Å². The van der Waals surface area contributed by atoms with Crippen LogP contribution in [0.1, 0.15) is 81.1 Å². The maximum atomic E-state index is 14.0. The second-order valence-corrected chi connectivity index (χ2v) is 13.9. The Labute approximate surface area is 265 Å². The highest BCUT2D eigenvalue weighted by atomic mass is 16.7. The van der Waals surface area contributed by atoms with Gasteiger partial charge in [-0.2, -0.15) is 0 Å². The lowest BCUT2D eigenvalue weighted by Crippen LogP contribution is -2.60. The summed E-state index contributed by atoms with van der Waals surface area (Å²) in [5.74, 6) is -6.72. The Kier molecular flexibility index (Phi) is 11.5. The van der Waals surface area contributed by atoms with Gasteiger partial charge in [-0.3, -0.25) is 19.2 Å². The average molecular weight is 641 g/mol. The quantitative estimate of drug-likeness (QED) is 0.255. The number of hydrogen-bond acceptors (Lipinski definition) is 12. The van der Waals surface area contributed by atoms with Crippen molar-refractivity contribution in [2.24, 2.45) is 35.3 Å². The second kappa shape index (κ2) is 14.0. The van der Waals surface area contributed by atoms with Crippen LogP contribution in [0, 0.1) is 29.6 Å².